The van der Waals surface area contributed by atoms with E-state index in [-0.39, 0.29) is 12.0 Å². The number of likely N-dealkylation sites (tertiary alicyclic amines) is 1. The Morgan fingerprint density at radius 2 is 2.16 bits per heavy atom. The van der Waals surface area contributed by atoms with Gasteiger partial charge in [0.1, 0.15) is 0 Å². The summed E-state index contributed by atoms with van der Waals surface area (Å²) in [7, 11) is 0. The second kappa shape index (κ2) is 7.70. The zero-order chi connectivity index (χ0) is 17.1. The van der Waals surface area contributed by atoms with Crippen molar-refractivity contribution in [2.75, 3.05) is 19.7 Å². The fraction of sp³-hybridized carbons (Fsp3) is 0.579. The van der Waals surface area contributed by atoms with Crippen LogP contribution < -0.4 is 0 Å². The molecule has 0 aromatic carbocycles. The monoisotopic (exact) mass is 359 g/mol. The van der Waals surface area contributed by atoms with Gasteiger partial charge >= 0.3 is 0 Å². The van der Waals surface area contributed by atoms with Crippen molar-refractivity contribution in [2.24, 2.45) is 5.92 Å². The lowest BCUT2D eigenvalue weighted by Crippen LogP contribution is -2.38. The summed E-state index contributed by atoms with van der Waals surface area (Å²) in [5.74, 6) is 0.888. The minimum absolute atomic E-state index is 0.194. The molecule has 2 aromatic heterocycles. The molecule has 0 radical (unpaired) electrons. The van der Waals surface area contributed by atoms with E-state index in [9.17, 15) is 4.79 Å². The Labute approximate surface area is 152 Å². The highest BCUT2D eigenvalue weighted by Gasteiger charge is 2.26. The number of aryl methyl sites for hydroxylation is 1. The van der Waals surface area contributed by atoms with E-state index in [4.69, 9.17) is 4.74 Å². The quantitative estimate of drug-likeness (QED) is 0.817. The predicted molar refractivity (Wildman–Crippen MR) is 97.7 cm³/mol. The van der Waals surface area contributed by atoms with Gasteiger partial charge in [0.05, 0.1) is 11.0 Å². The fourth-order valence-corrected chi connectivity index (χ4v) is 4.83. The van der Waals surface area contributed by atoms with Gasteiger partial charge in [-0.25, -0.2) is 0 Å². The van der Waals surface area contributed by atoms with Gasteiger partial charge in [0.2, 0.25) is 0 Å². The molecule has 134 valence electrons. The molecule has 25 heavy (non-hydrogen) atoms. The third-order valence-corrected chi connectivity index (χ3v) is 6.48. The minimum atomic E-state index is 0.194. The van der Waals surface area contributed by atoms with Crippen molar-refractivity contribution < 1.29 is 9.53 Å². The summed E-state index contributed by atoms with van der Waals surface area (Å²) in [6.45, 7) is 3.56. The van der Waals surface area contributed by atoms with Crippen molar-refractivity contribution in [1.82, 2.24) is 14.7 Å². The molecule has 1 atom stereocenters. The van der Waals surface area contributed by atoms with E-state index < -0.39 is 0 Å². The normalized spacial score (nSPS) is 21.8. The molecule has 4 rings (SSSR count). The van der Waals surface area contributed by atoms with Crippen molar-refractivity contribution in [3.63, 3.8) is 0 Å². The summed E-state index contributed by atoms with van der Waals surface area (Å²) in [6.07, 6.45) is 9.58. The van der Waals surface area contributed by atoms with Gasteiger partial charge in [0, 0.05) is 43.5 Å². The maximum atomic E-state index is 12.8. The molecule has 2 fully saturated rings. The first kappa shape index (κ1) is 16.8. The molecule has 0 N–H and O–H groups in total. The molecule has 2 aliphatic rings. The van der Waals surface area contributed by atoms with Crippen LogP contribution in [0.5, 0.6) is 0 Å². The van der Waals surface area contributed by atoms with Crippen molar-refractivity contribution >= 4 is 17.2 Å². The molecular weight excluding hydrogens is 334 g/mol. The number of carbonyl (C=O) groups is 1. The van der Waals surface area contributed by atoms with Gasteiger partial charge < -0.3 is 9.64 Å². The first-order chi connectivity index (χ1) is 12.3. The van der Waals surface area contributed by atoms with Gasteiger partial charge in [-0.2, -0.15) is 5.10 Å². The third-order valence-electron chi connectivity index (χ3n) is 5.31. The Kier molecular flexibility index (Phi) is 5.17. The standard InChI is InChI=1S/C19H25N3O2S/c23-19(18-5-4-17(25-18)16-3-1-14-24-16)21-11-6-15(7-12-21)8-13-22-10-2-9-20-22/h2,4-5,9-10,15-16H,1,3,6-8,11-14H2/t16-/m0/s1. The van der Waals surface area contributed by atoms with E-state index in [0.29, 0.717) is 5.92 Å². The van der Waals surface area contributed by atoms with Crippen molar-refractivity contribution in [2.45, 2.75) is 44.8 Å². The first-order valence-electron chi connectivity index (χ1n) is 9.27. The SMILES string of the molecule is O=C(c1ccc([C@@H]2CCCO2)s1)N1CCC(CCn2cccn2)CC1. The van der Waals surface area contributed by atoms with E-state index in [2.05, 4.69) is 11.2 Å². The molecule has 0 bridgehead atoms. The molecule has 5 nitrogen and oxygen atoms in total. The summed E-state index contributed by atoms with van der Waals surface area (Å²) in [5, 5.41) is 4.26. The van der Waals surface area contributed by atoms with Crippen molar-refractivity contribution in [1.29, 1.82) is 0 Å². The Bertz CT molecular complexity index is 683. The number of carbonyl (C=O) groups excluding carboxylic acids is 1. The zero-order valence-electron chi connectivity index (χ0n) is 14.5. The van der Waals surface area contributed by atoms with E-state index in [1.807, 2.05) is 34.1 Å². The number of ether oxygens (including phenoxy) is 1. The summed E-state index contributed by atoms with van der Waals surface area (Å²) in [5.41, 5.74) is 0. The van der Waals surface area contributed by atoms with Crippen molar-refractivity contribution in [3.8, 4) is 0 Å². The average molecular weight is 359 g/mol. The summed E-state index contributed by atoms with van der Waals surface area (Å²) in [6, 6.07) is 6.02. The number of thiophene rings is 1. The first-order valence-corrected chi connectivity index (χ1v) is 10.1. The molecule has 1 amide bonds. The van der Waals surface area contributed by atoms with Gasteiger partial charge in [-0.15, -0.1) is 11.3 Å². The number of hydrogen-bond donors (Lipinski definition) is 0. The third kappa shape index (κ3) is 3.96. The number of nitrogens with zero attached hydrogens (tertiary/aromatic N) is 3. The van der Waals surface area contributed by atoms with E-state index >= 15 is 0 Å². The van der Waals surface area contributed by atoms with E-state index in [1.165, 1.54) is 4.88 Å². The molecular formula is C19H25N3O2S. The number of rotatable bonds is 5. The lowest BCUT2D eigenvalue weighted by Gasteiger charge is -2.31. The Balaban J connectivity index is 1.27. The molecule has 0 unspecified atom stereocenters. The van der Waals surface area contributed by atoms with Gasteiger partial charge in [0.25, 0.3) is 5.91 Å². The molecule has 2 aliphatic heterocycles. The molecule has 6 heteroatoms. The van der Waals surface area contributed by atoms with Gasteiger partial charge in [-0.05, 0) is 56.2 Å². The molecule has 0 spiro atoms. The van der Waals surface area contributed by atoms with Crippen LogP contribution in [0.4, 0.5) is 0 Å². The zero-order valence-corrected chi connectivity index (χ0v) is 15.3. The molecule has 0 saturated carbocycles. The van der Waals surface area contributed by atoms with E-state index in [1.54, 1.807) is 11.3 Å². The number of amides is 1. The second-order valence-corrected chi connectivity index (χ2v) is 8.11. The maximum absolute atomic E-state index is 12.8. The average Bonchev–Trinajstić information content (AvgIpc) is 3.42. The Morgan fingerprint density at radius 3 is 2.88 bits per heavy atom. The Hall–Kier alpha value is -1.66. The van der Waals surface area contributed by atoms with Crippen LogP contribution in [0.25, 0.3) is 0 Å². The van der Waals surface area contributed by atoms with Crippen LogP contribution >= 0.6 is 11.3 Å². The topological polar surface area (TPSA) is 47.4 Å². The summed E-state index contributed by atoms with van der Waals surface area (Å²) >= 11 is 1.61. The summed E-state index contributed by atoms with van der Waals surface area (Å²) < 4.78 is 7.72. The van der Waals surface area contributed by atoms with Gasteiger partial charge in [-0.3, -0.25) is 9.48 Å². The molecule has 2 saturated heterocycles. The van der Waals surface area contributed by atoms with Crippen LogP contribution in [-0.2, 0) is 11.3 Å². The van der Waals surface area contributed by atoms with Crippen LogP contribution in [0.3, 0.4) is 0 Å². The largest absolute Gasteiger partial charge is 0.373 e. The highest BCUT2D eigenvalue weighted by molar-refractivity contribution is 7.14. The second-order valence-electron chi connectivity index (χ2n) is 7.00. The fourth-order valence-electron chi connectivity index (χ4n) is 3.77. The van der Waals surface area contributed by atoms with Crippen LogP contribution in [0.2, 0.25) is 0 Å². The Morgan fingerprint density at radius 1 is 1.28 bits per heavy atom. The summed E-state index contributed by atoms with van der Waals surface area (Å²) in [4.78, 5) is 16.8. The van der Waals surface area contributed by atoms with Crippen molar-refractivity contribution in [3.05, 3.63) is 40.3 Å². The number of hydrogen-bond acceptors (Lipinski definition) is 4. The lowest BCUT2D eigenvalue weighted by atomic mass is 9.93. The lowest BCUT2D eigenvalue weighted by molar-refractivity contribution is 0.0689. The smallest absolute Gasteiger partial charge is 0.263 e. The highest BCUT2D eigenvalue weighted by Crippen LogP contribution is 2.34. The predicted octanol–water partition coefficient (Wildman–Crippen LogP) is 3.74. The number of aromatic nitrogens is 2. The maximum Gasteiger partial charge on any atom is 0.263 e. The van der Waals surface area contributed by atoms with Crippen LogP contribution in [0.1, 0.15) is 52.8 Å². The minimum Gasteiger partial charge on any atom is -0.373 e. The van der Waals surface area contributed by atoms with Crippen LogP contribution in [0, 0.1) is 5.92 Å². The molecule has 0 aliphatic carbocycles. The van der Waals surface area contributed by atoms with Gasteiger partial charge in [-0.1, -0.05) is 0 Å². The number of piperidine rings is 1. The molecule has 4 heterocycles. The van der Waals surface area contributed by atoms with Gasteiger partial charge in [0.15, 0.2) is 0 Å². The van der Waals surface area contributed by atoms with Crippen LogP contribution in [0.15, 0.2) is 30.6 Å². The molecule has 2 aromatic rings. The van der Waals surface area contributed by atoms with E-state index in [0.717, 1.165) is 63.2 Å². The highest BCUT2D eigenvalue weighted by atomic mass is 32.1. The van der Waals surface area contributed by atoms with Crippen LogP contribution in [-0.4, -0.2) is 40.3 Å².